The van der Waals surface area contributed by atoms with E-state index in [4.69, 9.17) is 18.6 Å². The van der Waals surface area contributed by atoms with Gasteiger partial charge in [0.1, 0.15) is 6.10 Å². The Labute approximate surface area is 248 Å². The van der Waals surface area contributed by atoms with E-state index in [0.29, 0.717) is 39.1 Å². The quantitative estimate of drug-likeness (QED) is 0.0855. The molecule has 0 unspecified atom stereocenters. The molecular weight excluding hydrogens is 589 g/mol. The zero-order valence-corrected chi connectivity index (χ0v) is 26.4. The highest BCUT2D eigenvalue weighted by Gasteiger charge is 2.49. The highest BCUT2D eigenvalue weighted by Crippen LogP contribution is 2.33. The summed E-state index contributed by atoms with van der Waals surface area (Å²) in [5, 5.41) is 0. The average Bonchev–Trinajstić information content (AvgIpc) is 3.15. The highest BCUT2D eigenvalue weighted by molar-refractivity contribution is 7.87. The van der Waals surface area contributed by atoms with E-state index in [1.165, 1.54) is 0 Å². The fraction of sp³-hybridized carbons (Fsp3) is 0.600. The van der Waals surface area contributed by atoms with Crippen LogP contribution in [-0.4, -0.2) is 59.9 Å². The lowest BCUT2D eigenvalue weighted by molar-refractivity contribution is -0.131. The maximum absolute atomic E-state index is 13.1. The van der Waals surface area contributed by atoms with Gasteiger partial charge >= 0.3 is 15.6 Å². The molecule has 4 atom stereocenters. The van der Waals surface area contributed by atoms with Crippen LogP contribution in [0.15, 0.2) is 60.7 Å². The van der Waals surface area contributed by atoms with Crippen molar-refractivity contribution in [3.63, 3.8) is 0 Å². The predicted octanol–water partition coefficient (Wildman–Crippen LogP) is 6.98. The lowest BCUT2D eigenvalue weighted by atomic mass is 10.0. The smallest absolute Gasteiger partial charge is 0.411 e. The van der Waals surface area contributed by atoms with Crippen LogP contribution in [0.4, 0.5) is 13.2 Å². The second-order valence-corrected chi connectivity index (χ2v) is 16.9. The standard InChI is InChI=1S/C30H43F3O7SSi/c1-4-42(5-2,6-3)40-28-18-17-26(37-22-25-15-11-8-12-16-25)27(19-20-36-21-24-13-9-7-10-14-24)39-29(28)23-38-41(34,35)30(31,32)33/h7-16,26-29H,4-6,17-23H2,1-3H3/t26-,27+,28+,29-/m1/s1. The van der Waals surface area contributed by atoms with Crippen molar-refractivity contribution in [1.29, 1.82) is 0 Å². The molecule has 0 aromatic heterocycles. The van der Waals surface area contributed by atoms with E-state index >= 15 is 0 Å². The molecule has 1 saturated heterocycles. The first kappa shape index (κ1) is 34.7. The molecule has 0 spiro atoms. The summed E-state index contributed by atoms with van der Waals surface area (Å²) in [5.74, 6) is 0. The van der Waals surface area contributed by atoms with Crippen molar-refractivity contribution >= 4 is 18.4 Å². The number of hydrogen-bond acceptors (Lipinski definition) is 7. The minimum Gasteiger partial charge on any atom is -0.411 e. The van der Waals surface area contributed by atoms with Crippen molar-refractivity contribution in [2.75, 3.05) is 13.2 Å². The van der Waals surface area contributed by atoms with Gasteiger partial charge in [0.05, 0.1) is 38.1 Å². The fourth-order valence-electron chi connectivity index (χ4n) is 5.11. The molecule has 1 aliphatic heterocycles. The van der Waals surface area contributed by atoms with Gasteiger partial charge in [0.15, 0.2) is 8.32 Å². The van der Waals surface area contributed by atoms with Gasteiger partial charge in [-0.2, -0.15) is 21.6 Å². The summed E-state index contributed by atoms with van der Waals surface area (Å²) in [7, 11) is -8.04. The maximum Gasteiger partial charge on any atom is 0.523 e. The molecule has 1 fully saturated rings. The molecule has 0 N–H and O–H groups in total. The van der Waals surface area contributed by atoms with E-state index in [1.54, 1.807) is 0 Å². The molecule has 7 nitrogen and oxygen atoms in total. The summed E-state index contributed by atoms with van der Waals surface area (Å²) in [6.07, 6.45) is -1.34. The Hall–Kier alpha value is -1.80. The Bertz CT molecular complexity index is 1140. The summed E-state index contributed by atoms with van der Waals surface area (Å²) < 4.78 is 92.8. The van der Waals surface area contributed by atoms with E-state index in [1.807, 2.05) is 60.7 Å². The van der Waals surface area contributed by atoms with Crippen LogP contribution >= 0.6 is 0 Å². The predicted molar refractivity (Wildman–Crippen MR) is 157 cm³/mol. The van der Waals surface area contributed by atoms with Gasteiger partial charge < -0.3 is 18.6 Å². The number of halogens is 3. The topological polar surface area (TPSA) is 80.3 Å². The molecule has 42 heavy (non-hydrogen) atoms. The summed E-state index contributed by atoms with van der Waals surface area (Å²) in [6.45, 7) is 6.37. The molecule has 1 aliphatic rings. The molecule has 0 saturated carbocycles. The maximum atomic E-state index is 13.1. The lowest BCUT2D eigenvalue weighted by Crippen LogP contribution is -2.47. The Morgan fingerprint density at radius 3 is 1.93 bits per heavy atom. The second-order valence-electron chi connectivity index (χ2n) is 10.5. The molecule has 3 rings (SSSR count). The number of ether oxygens (including phenoxy) is 3. The second kappa shape index (κ2) is 16.3. The first-order chi connectivity index (χ1) is 20.0. The van der Waals surface area contributed by atoms with Crippen molar-refractivity contribution in [2.45, 2.75) is 101 Å². The van der Waals surface area contributed by atoms with E-state index < -0.39 is 55.0 Å². The average molecular weight is 633 g/mol. The Morgan fingerprint density at radius 2 is 1.38 bits per heavy atom. The van der Waals surface area contributed by atoms with Crippen LogP contribution in [0.5, 0.6) is 0 Å². The SMILES string of the molecule is CC[Si](CC)(CC)O[C@H]1CC[C@@H](OCc2ccccc2)[C@H](CCOCc2ccccc2)O[C@@H]1COS(=O)(=O)C(F)(F)F. The minimum absolute atomic E-state index is 0.308. The molecule has 0 amide bonds. The van der Waals surface area contributed by atoms with Crippen LogP contribution in [0.3, 0.4) is 0 Å². The van der Waals surface area contributed by atoms with Gasteiger partial charge in [-0.3, -0.25) is 4.18 Å². The van der Waals surface area contributed by atoms with Crippen LogP contribution in [0, 0.1) is 0 Å². The Morgan fingerprint density at radius 1 is 0.833 bits per heavy atom. The summed E-state index contributed by atoms with van der Waals surface area (Å²) in [5.41, 5.74) is -3.55. The van der Waals surface area contributed by atoms with Gasteiger partial charge in [0.2, 0.25) is 0 Å². The number of benzene rings is 2. The molecule has 236 valence electrons. The van der Waals surface area contributed by atoms with Crippen molar-refractivity contribution in [2.24, 2.45) is 0 Å². The Balaban J connectivity index is 1.82. The van der Waals surface area contributed by atoms with Gasteiger partial charge in [-0.25, -0.2) is 0 Å². The van der Waals surface area contributed by atoms with Crippen LogP contribution in [0.1, 0.15) is 51.2 Å². The number of rotatable bonds is 16. The third-order valence-electron chi connectivity index (χ3n) is 7.89. The first-order valence-electron chi connectivity index (χ1n) is 14.6. The third kappa shape index (κ3) is 10.1. The van der Waals surface area contributed by atoms with Gasteiger partial charge in [0.25, 0.3) is 0 Å². The zero-order valence-electron chi connectivity index (χ0n) is 24.6. The molecular formula is C30H43F3O7SSi. The molecule has 0 aliphatic carbocycles. The summed E-state index contributed by atoms with van der Waals surface area (Å²) >= 11 is 0. The van der Waals surface area contributed by atoms with Crippen LogP contribution < -0.4 is 0 Å². The normalized spacial score (nSPS) is 22.1. The molecule has 2 aromatic carbocycles. The molecule has 1 heterocycles. The third-order valence-corrected chi connectivity index (χ3v) is 13.6. The van der Waals surface area contributed by atoms with Gasteiger partial charge in [-0.1, -0.05) is 81.4 Å². The molecule has 0 bridgehead atoms. The van der Waals surface area contributed by atoms with Crippen molar-refractivity contribution in [3.8, 4) is 0 Å². The van der Waals surface area contributed by atoms with Crippen molar-refractivity contribution in [1.82, 2.24) is 0 Å². The van der Waals surface area contributed by atoms with Crippen molar-refractivity contribution in [3.05, 3.63) is 71.8 Å². The number of alkyl halides is 3. The van der Waals surface area contributed by atoms with E-state index in [2.05, 4.69) is 25.0 Å². The lowest BCUT2D eigenvalue weighted by Gasteiger charge is -2.36. The van der Waals surface area contributed by atoms with Gasteiger partial charge in [-0.05, 0) is 48.5 Å². The van der Waals surface area contributed by atoms with E-state index in [0.717, 1.165) is 29.3 Å². The largest absolute Gasteiger partial charge is 0.523 e. The van der Waals surface area contributed by atoms with Gasteiger partial charge in [-0.15, -0.1) is 0 Å². The van der Waals surface area contributed by atoms with E-state index in [9.17, 15) is 21.6 Å². The van der Waals surface area contributed by atoms with Gasteiger partial charge in [0, 0.05) is 6.61 Å². The summed E-state index contributed by atoms with van der Waals surface area (Å²) in [6, 6.07) is 21.8. The summed E-state index contributed by atoms with van der Waals surface area (Å²) in [4.78, 5) is 0. The zero-order chi connectivity index (χ0) is 30.6. The minimum atomic E-state index is -5.80. The molecule has 2 aromatic rings. The highest BCUT2D eigenvalue weighted by atomic mass is 32.2. The first-order valence-corrected chi connectivity index (χ1v) is 18.5. The monoisotopic (exact) mass is 632 g/mol. The molecule has 0 radical (unpaired) electrons. The van der Waals surface area contributed by atoms with Crippen LogP contribution in [0.25, 0.3) is 0 Å². The van der Waals surface area contributed by atoms with Crippen molar-refractivity contribution < 1.29 is 44.4 Å². The van der Waals surface area contributed by atoms with Crippen LogP contribution in [0.2, 0.25) is 18.1 Å². The Kier molecular flexibility index (Phi) is 13.5. The number of hydrogen-bond donors (Lipinski definition) is 0. The molecule has 12 heteroatoms. The van der Waals surface area contributed by atoms with E-state index in [-0.39, 0.29) is 0 Å². The fourth-order valence-corrected chi connectivity index (χ4v) is 8.47. The van der Waals surface area contributed by atoms with Crippen LogP contribution in [-0.2, 0) is 46.2 Å².